The summed E-state index contributed by atoms with van der Waals surface area (Å²) in [7, 11) is -2.52. The van der Waals surface area contributed by atoms with Gasteiger partial charge in [-0.25, -0.2) is 0 Å². The second kappa shape index (κ2) is 7.99. The van der Waals surface area contributed by atoms with Gasteiger partial charge in [0.25, 0.3) is 8.32 Å². The lowest BCUT2D eigenvalue weighted by Gasteiger charge is -2.44. The van der Waals surface area contributed by atoms with Crippen LogP contribution in [0.5, 0.6) is 0 Å². The molecule has 2 aromatic rings. The summed E-state index contributed by atoms with van der Waals surface area (Å²) in [6.45, 7) is 8.35. The molecule has 0 spiro atoms. The predicted molar refractivity (Wildman–Crippen MR) is 112 cm³/mol. The summed E-state index contributed by atoms with van der Waals surface area (Å²) in [6, 6.07) is 21.4. The van der Waals surface area contributed by atoms with Gasteiger partial charge in [0, 0.05) is 19.4 Å². The molecule has 1 saturated carbocycles. The quantitative estimate of drug-likeness (QED) is 0.578. The Kier molecular flexibility index (Phi) is 5.87. The first-order valence-corrected chi connectivity index (χ1v) is 11.7. The van der Waals surface area contributed by atoms with Crippen LogP contribution in [0.25, 0.3) is 0 Å². The number of ether oxygens (including phenoxy) is 1. The summed E-state index contributed by atoms with van der Waals surface area (Å²) < 4.78 is 12.5. The van der Waals surface area contributed by atoms with E-state index in [1.807, 2.05) is 0 Å². The molecule has 0 heterocycles. The molecule has 2 unspecified atom stereocenters. The van der Waals surface area contributed by atoms with Crippen molar-refractivity contribution in [1.82, 2.24) is 0 Å². The van der Waals surface area contributed by atoms with Crippen molar-refractivity contribution in [2.45, 2.75) is 64.2 Å². The van der Waals surface area contributed by atoms with Crippen LogP contribution in [0.1, 0.15) is 47.0 Å². The molecule has 0 radical (unpaired) electrons. The summed E-state index contributed by atoms with van der Waals surface area (Å²) in [4.78, 5) is 11.3. The number of carbonyl (C=O) groups is 1. The first-order chi connectivity index (χ1) is 12.8. The Bertz CT molecular complexity index is 713. The lowest BCUT2D eigenvalue weighted by molar-refractivity contribution is -0.146. The van der Waals surface area contributed by atoms with Gasteiger partial charge in [0.05, 0.1) is 0 Å². The summed E-state index contributed by atoms with van der Waals surface area (Å²) in [5.41, 5.74) is 0. The molecule has 3 rings (SSSR count). The normalized spacial score (nSPS) is 20.4. The van der Waals surface area contributed by atoms with Gasteiger partial charge in [-0.15, -0.1) is 0 Å². The molecule has 4 heteroatoms. The number of carbonyl (C=O) groups excluding carboxylic acids is 1. The number of benzene rings is 2. The SMILES string of the molecule is CC(=O)OC1CCC(O[Si](c2ccccc2)(c2ccccc2)C(C)(C)C)C1. The number of esters is 1. The fourth-order valence-electron chi connectivity index (χ4n) is 4.29. The van der Waals surface area contributed by atoms with Crippen molar-refractivity contribution in [2.24, 2.45) is 0 Å². The molecule has 3 nitrogen and oxygen atoms in total. The molecular weight excluding hydrogens is 352 g/mol. The zero-order chi connectivity index (χ0) is 19.5. The van der Waals surface area contributed by atoms with Gasteiger partial charge in [0.2, 0.25) is 0 Å². The lowest BCUT2D eigenvalue weighted by Crippen LogP contribution is -2.67. The zero-order valence-corrected chi connectivity index (χ0v) is 17.8. The topological polar surface area (TPSA) is 35.5 Å². The van der Waals surface area contributed by atoms with Crippen LogP contribution in [-0.4, -0.2) is 26.5 Å². The van der Waals surface area contributed by atoms with Crippen LogP contribution in [0.2, 0.25) is 5.04 Å². The van der Waals surface area contributed by atoms with Gasteiger partial charge in [-0.1, -0.05) is 81.4 Å². The molecule has 0 saturated heterocycles. The molecule has 1 aliphatic rings. The molecule has 0 aromatic heterocycles. The van der Waals surface area contributed by atoms with Gasteiger partial charge in [-0.3, -0.25) is 4.79 Å². The molecule has 0 aliphatic heterocycles. The van der Waals surface area contributed by atoms with E-state index in [2.05, 4.69) is 81.4 Å². The fraction of sp³-hybridized carbons (Fsp3) is 0.435. The molecule has 144 valence electrons. The second-order valence-electron chi connectivity index (χ2n) is 8.45. The predicted octanol–water partition coefficient (Wildman–Crippen LogP) is 4.05. The van der Waals surface area contributed by atoms with Crippen LogP contribution in [0.3, 0.4) is 0 Å². The average molecular weight is 383 g/mol. The van der Waals surface area contributed by atoms with Gasteiger partial charge in [-0.05, 0) is 28.3 Å². The van der Waals surface area contributed by atoms with Crippen molar-refractivity contribution in [3.05, 3.63) is 60.7 Å². The van der Waals surface area contributed by atoms with E-state index in [-0.39, 0.29) is 23.2 Å². The second-order valence-corrected chi connectivity index (χ2v) is 12.7. The van der Waals surface area contributed by atoms with E-state index in [4.69, 9.17) is 9.16 Å². The molecule has 2 atom stereocenters. The van der Waals surface area contributed by atoms with E-state index in [1.165, 1.54) is 17.3 Å². The molecule has 0 N–H and O–H groups in total. The summed E-state index contributed by atoms with van der Waals surface area (Å²) in [5, 5.41) is 2.55. The van der Waals surface area contributed by atoms with Crippen LogP contribution in [-0.2, 0) is 14.0 Å². The third kappa shape index (κ3) is 4.17. The Labute approximate surface area is 163 Å². The number of rotatable bonds is 5. The maximum atomic E-state index is 11.3. The number of hydrogen-bond acceptors (Lipinski definition) is 3. The molecule has 1 fully saturated rings. The van der Waals surface area contributed by atoms with Crippen molar-refractivity contribution >= 4 is 24.7 Å². The van der Waals surface area contributed by atoms with E-state index in [9.17, 15) is 4.79 Å². The van der Waals surface area contributed by atoms with E-state index < -0.39 is 8.32 Å². The Morgan fingerprint density at radius 2 is 1.37 bits per heavy atom. The van der Waals surface area contributed by atoms with Crippen LogP contribution < -0.4 is 10.4 Å². The van der Waals surface area contributed by atoms with E-state index >= 15 is 0 Å². The monoisotopic (exact) mass is 382 g/mol. The largest absolute Gasteiger partial charge is 0.462 e. The van der Waals surface area contributed by atoms with Crippen molar-refractivity contribution in [3.63, 3.8) is 0 Å². The Hall–Kier alpha value is -1.91. The maximum Gasteiger partial charge on any atom is 0.302 e. The van der Waals surface area contributed by atoms with Crippen molar-refractivity contribution in [1.29, 1.82) is 0 Å². The molecule has 2 aromatic carbocycles. The molecule has 0 bridgehead atoms. The maximum absolute atomic E-state index is 11.3. The van der Waals surface area contributed by atoms with Crippen molar-refractivity contribution in [2.75, 3.05) is 0 Å². The minimum Gasteiger partial charge on any atom is -0.462 e. The minimum atomic E-state index is -2.52. The lowest BCUT2D eigenvalue weighted by atomic mass is 10.2. The Morgan fingerprint density at radius 1 is 0.889 bits per heavy atom. The molecular formula is C23H30O3Si. The first-order valence-electron chi connectivity index (χ1n) is 9.79. The smallest absolute Gasteiger partial charge is 0.302 e. The standard InChI is InChI=1S/C23H30O3Si/c1-18(24)25-19-15-16-20(17-19)26-27(23(2,3)4,21-11-7-5-8-12-21)22-13-9-6-10-14-22/h5-14,19-20H,15-17H2,1-4H3. The van der Waals surface area contributed by atoms with Crippen LogP contribution >= 0.6 is 0 Å². The fourth-order valence-corrected chi connectivity index (χ4v) is 9.02. The first kappa shape index (κ1) is 19.8. The van der Waals surface area contributed by atoms with E-state index in [1.54, 1.807) is 0 Å². The van der Waals surface area contributed by atoms with Gasteiger partial charge < -0.3 is 9.16 Å². The Morgan fingerprint density at radius 3 is 1.81 bits per heavy atom. The molecule has 27 heavy (non-hydrogen) atoms. The highest BCUT2D eigenvalue weighted by atomic mass is 28.4. The van der Waals surface area contributed by atoms with E-state index in [0.717, 1.165) is 19.3 Å². The third-order valence-electron chi connectivity index (χ3n) is 5.43. The zero-order valence-electron chi connectivity index (χ0n) is 16.8. The third-order valence-corrected chi connectivity index (χ3v) is 10.5. The Balaban J connectivity index is 2.01. The number of hydrogen-bond donors (Lipinski definition) is 0. The van der Waals surface area contributed by atoms with Crippen LogP contribution in [0, 0.1) is 0 Å². The van der Waals surface area contributed by atoms with Gasteiger partial charge in [0.15, 0.2) is 0 Å². The average Bonchev–Trinajstić information content (AvgIpc) is 3.06. The summed E-state index contributed by atoms with van der Waals surface area (Å²) in [5.74, 6) is -0.203. The summed E-state index contributed by atoms with van der Waals surface area (Å²) >= 11 is 0. The molecule has 1 aliphatic carbocycles. The van der Waals surface area contributed by atoms with Gasteiger partial charge >= 0.3 is 5.97 Å². The van der Waals surface area contributed by atoms with Gasteiger partial charge in [0.1, 0.15) is 6.10 Å². The highest BCUT2D eigenvalue weighted by Crippen LogP contribution is 2.39. The minimum absolute atomic E-state index is 0.0225. The van der Waals surface area contributed by atoms with Crippen LogP contribution in [0.4, 0.5) is 0 Å². The summed E-state index contributed by atoms with van der Waals surface area (Å²) in [6.07, 6.45) is 2.68. The van der Waals surface area contributed by atoms with Crippen LogP contribution in [0.15, 0.2) is 60.7 Å². The molecule has 0 amide bonds. The van der Waals surface area contributed by atoms with Crippen molar-refractivity contribution in [3.8, 4) is 0 Å². The highest BCUT2D eigenvalue weighted by Gasteiger charge is 2.52. The van der Waals surface area contributed by atoms with E-state index in [0.29, 0.717) is 0 Å². The van der Waals surface area contributed by atoms with Crippen molar-refractivity contribution < 1.29 is 14.0 Å². The highest BCUT2D eigenvalue weighted by molar-refractivity contribution is 6.99. The van der Waals surface area contributed by atoms with Gasteiger partial charge in [-0.2, -0.15) is 0 Å².